The maximum absolute atomic E-state index is 11.7. The van der Waals surface area contributed by atoms with E-state index in [9.17, 15) is 19.6 Å². The largest absolute Gasteiger partial charge is 0.464 e. The molecule has 5 atom stereocenters. The molecule has 0 spiro atoms. The highest BCUT2D eigenvalue weighted by Gasteiger charge is 2.49. The van der Waals surface area contributed by atoms with Crippen molar-refractivity contribution in [3.05, 3.63) is 4.91 Å². The SMILES string of the molecule is CCOC(=O)[C@@H](N=O)[C@@H]1OC(C)O[C@@H]1[C@@H](O)C(=O)OCC. The van der Waals surface area contributed by atoms with Crippen LogP contribution >= 0.6 is 0 Å². The van der Waals surface area contributed by atoms with E-state index in [0.717, 1.165) is 0 Å². The molecule has 1 aliphatic heterocycles. The first kappa shape index (κ1) is 17.5. The second-order valence-corrected chi connectivity index (χ2v) is 4.27. The number of hydrogen-bond acceptors (Lipinski definition) is 9. The van der Waals surface area contributed by atoms with Gasteiger partial charge >= 0.3 is 11.9 Å². The van der Waals surface area contributed by atoms with Crippen LogP contribution in [-0.2, 0) is 28.5 Å². The van der Waals surface area contributed by atoms with Crippen molar-refractivity contribution in [2.45, 2.75) is 51.4 Å². The summed E-state index contributed by atoms with van der Waals surface area (Å²) in [4.78, 5) is 34.1. The second-order valence-electron chi connectivity index (χ2n) is 4.27. The first-order valence-corrected chi connectivity index (χ1v) is 6.60. The van der Waals surface area contributed by atoms with Crippen molar-refractivity contribution in [3.8, 4) is 0 Å². The lowest BCUT2D eigenvalue weighted by Gasteiger charge is -2.22. The highest BCUT2D eigenvalue weighted by atomic mass is 16.7. The number of aliphatic hydroxyl groups excluding tert-OH is 1. The maximum atomic E-state index is 11.7. The van der Waals surface area contributed by atoms with Crippen molar-refractivity contribution in [2.24, 2.45) is 5.18 Å². The lowest BCUT2D eigenvalue weighted by atomic mass is 10.0. The predicted molar refractivity (Wildman–Crippen MR) is 68.1 cm³/mol. The molecule has 1 saturated heterocycles. The average Bonchev–Trinajstić information content (AvgIpc) is 2.81. The summed E-state index contributed by atoms with van der Waals surface area (Å²) >= 11 is 0. The smallest absolute Gasteiger partial charge is 0.337 e. The number of carbonyl (C=O) groups is 2. The van der Waals surface area contributed by atoms with E-state index in [-0.39, 0.29) is 13.2 Å². The van der Waals surface area contributed by atoms with Crippen LogP contribution in [0.5, 0.6) is 0 Å². The Kier molecular flexibility index (Phi) is 6.66. The molecule has 0 aromatic heterocycles. The van der Waals surface area contributed by atoms with E-state index >= 15 is 0 Å². The minimum Gasteiger partial charge on any atom is -0.464 e. The molecule has 9 nitrogen and oxygen atoms in total. The van der Waals surface area contributed by atoms with Crippen LogP contribution in [0.15, 0.2) is 5.18 Å². The Labute approximate surface area is 121 Å². The fraction of sp³-hybridized carbons (Fsp3) is 0.833. The molecular formula is C12H19NO8. The summed E-state index contributed by atoms with van der Waals surface area (Å²) in [6, 6.07) is -1.54. The van der Waals surface area contributed by atoms with Crippen molar-refractivity contribution in [2.75, 3.05) is 13.2 Å². The van der Waals surface area contributed by atoms with Gasteiger partial charge in [0.25, 0.3) is 0 Å². The van der Waals surface area contributed by atoms with Crippen LogP contribution in [0.4, 0.5) is 0 Å². The third-order valence-electron chi connectivity index (χ3n) is 2.81. The van der Waals surface area contributed by atoms with Gasteiger partial charge in [-0.15, -0.1) is 4.91 Å². The van der Waals surface area contributed by atoms with E-state index < -0.39 is 42.6 Å². The molecule has 21 heavy (non-hydrogen) atoms. The van der Waals surface area contributed by atoms with Crippen molar-refractivity contribution in [1.82, 2.24) is 0 Å². The molecule has 0 aliphatic carbocycles. The van der Waals surface area contributed by atoms with Gasteiger partial charge in [0.2, 0.25) is 6.04 Å². The Morgan fingerprint density at radius 3 is 2.19 bits per heavy atom. The van der Waals surface area contributed by atoms with E-state index in [1.807, 2.05) is 0 Å². The molecule has 0 saturated carbocycles. The van der Waals surface area contributed by atoms with Crippen molar-refractivity contribution >= 4 is 11.9 Å². The fourth-order valence-corrected chi connectivity index (χ4v) is 1.96. The first-order chi connectivity index (χ1) is 9.96. The Hall–Kier alpha value is -1.58. The molecule has 9 heteroatoms. The molecule has 1 unspecified atom stereocenters. The van der Waals surface area contributed by atoms with E-state index in [1.54, 1.807) is 13.8 Å². The van der Waals surface area contributed by atoms with Crippen molar-refractivity contribution < 1.29 is 33.6 Å². The standard InChI is InChI=1S/C12H19NO8/c1-4-18-11(15)7(13-17)9-10(21-6(3)20-9)8(14)12(16)19-5-2/h6-10,14H,4-5H2,1-3H3/t6?,7-,8+,9-,10+/m0/s1. The zero-order valence-corrected chi connectivity index (χ0v) is 12.1. The van der Waals surface area contributed by atoms with Gasteiger partial charge in [0, 0.05) is 0 Å². The van der Waals surface area contributed by atoms with Gasteiger partial charge in [-0.2, -0.15) is 0 Å². The summed E-state index contributed by atoms with van der Waals surface area (Å²) in [6.45, 7) is 4.76. The van der Waals surface area contributed by atoms with E-state index in [2.05, 4.69) is 9.91 Å². The highest BCUT2D eigenvalue weighted by Crippen LogP contribution is 2.27. The number of rotatable bonds is 7. The maximum Gasteiger partial charge on any atom is 0.337 e. The van der Waals surface area contributed by atoms with Gasteiger partial charge in [0.05, 0.1) is 13.2 Å². The van der Waals surface area contributed by atoms with Crippen molar-refractivity contribution in [3.63, 3.8) is 0 Å². The van der Waals surface area contributed by atoms with Gasteiger partial charge in [-0.3, -0.25) is 0 Å². The molecule has 1 fully saturated rings. The van der Waals surface area contributed by atoms with Gasteiger partial charge in [-0.05, 0) is 20.8 Å². The van der Waals surface area contributed by atoms with Crippen LogP contribution in [0, 0.1) is 4.91 Å². The lowest BCUT2D eigenvalue weighted by Crippen LogP contribution is -2.48. The molecular weight excluding hydrogens is 286 g/mol. The molecule has 0 bridgehead atoms. The second kappa shape index (κ2) is 8.01. The highest BCUT2D eigenvalue weighted by molar-refractivity contribution is 5.78. The number of ether oxygens (including phenoxy) is 4. The van der Waals surface area contributed by atoms with Crippen LogP contribution in [0.3, 0.4) is 0 Å². The summed E-state index contributed by atoms with van der Waals surface area (Å²) < 4.78 is 19.9. The summed E-state index contributed by atoms with van der Waals surface area (Å²) in [6.07, 6.45) is -4.98. The van der Waals surface area contributed by atoms with Gasteiger partial charge in [0.15, 0.2) is 12.4 Å². The molecule has 0 amide bonds. The van der Waals surface area contributed by atoms with E-state index in [0.29, 0.717) is 0 Å². The zero-order chi connectivity index (χ0) is 16.0. The average molecular weight is 305 g/mol. The minimum absolute atomic E-state index is 0.0546. The molecule has 1 rings (SSSR count). The normalized spacial score (nSPS) is 27.7. The minimum atomic E-state index is -1.70. The third kappa shape index (κ3) is 4.19. The van der Waals surface area contributed by atoms with Gasteiger partial charge in [-0.1, -0.05) is 5.18 Å². The number of aliphatic hydroxyl groups is 1. The fourth-order valence-electron chi connectivity index (χ4n) is 1.96. The molecule has 1 N–H and O–H groups in total. The first-order valence-electron chi connectivity index (χ1n) is 6.60. The van der Waals surface area contributed by atoms with Gasteiger partial charge in [0.1, 0.15) is 12.2 Å². The topological polar surface area (TPSA) is 121 Å². The van der Waals surface area contributed by atoms with Crippen LogP contribution in [0.25, 0.3) is 0 Å². The summed E-state index contributed by atoms with van der Waals surface area (Å²) in [5.41, 5.74) is 0. The van der Waals surface area contributed by atoms with E-state index in [4.69, 9.17) is 14.2 Å². The monoisotopic (exact) mass is 305 g/mol. The summed E-state index contributed by atoms with van der Waals surface area (Å²) in [7, 11) is 0. The third-order valence-corrected chi connectivity index (χ3v) is 2.81. The number of nitroso groups, excluding NO2 is 1. The molecule has 120 valence electrons. The van der Waals surface area contributed by atoms with Crippen LogP contribution < -0.4 is 0 Å². The number of esters is 2. The number of hydrogen-bond donors (Lipinski definition) is 1. The Morgan fingerprint density at radius 2 is 1.67 bits per heavy atom. The van der Waals surface area contributed by atoms with E-state index in [1.165, 1.54) is 6.92 Å². The lowest BCUT2D eigenvalue weighted by molar-refractivity contribution is -0.162. The Bertz CT molecular complexity index is 387. The quantitative estimate of drug-likeness (QED) is 0.504. The van der Waals surface area contributed by atoms with Crippen molar-refractivity contribution in [1.29, 1.82) is 0 Å². The Balaban J connectivity index is 2.88. The zero-order valence-electron chi connectivity index (χ0n) is 12.1. The summed E-state index contributed by atoms with van der Waals surface area (Å²) in [5.74, 6) is -1.84. The van der Waals surface area contributed by atoms with Crippen LogP contribution in [-0.4, -0.2) is 60.9 Å². The van der Waals surface area contributed by atoms with Crippen LogP contribution in [0.2, 0.25) is 0 Å². The van der Waals surface area contributed by atoms with Crippen LogP contribution in [0.1, 0.15) is 20.8 Å². The number of nitrogens with zero attached hydrogens (tertiary/aromatic N) is 1. The molecule has 1 heterocycles. The predicted octanol–water partition coefficient (Wildman–Crippen LogP) is -0.262. The number of carbonyl (C=O) groups excluding carboxylic acids is 2. The molecule has 0 aromatic rings. The molecule has 0 radical (unpaired) electrons. The Morgan fingerprint density at radius 1 is 1.14 bits per heavy atom. The molecule has 1 aliphatic rings. The van der Waals surface area contributed by atoms with Gasteiger partial charge in [-0.25, -0.2) is 9.59 Å². The molecule has 0 aromatic carbocycles. The van der Waals surface area contributed by atoms with Gasteiger partial charge < -0.3 is 24.1 Å². The summed E-state index contributed by atoms with van der Waals surface area (Å²) in [5, 5.41) is 12.6.